The van der Waals surface area contributed by atoms with Gasteiger partial charge in [0, 0.05) is 17.2 Å². The van der Waals surface area contributed by atoms with E-state index in [1.807, 2.05) is 61.5 Å². The zero-order valence-corrected chi connectivity index (χ0v) is 15.2. The van der Waals surface area contributed by atoms with Crippen molar-refractivity contribution in [3.63, 3.8) is 0 Å². The first-order valence-electron chi connectivity index (χ1n) is 8.18. The number of ether oxygens (including phenoxy) is 2. The number of para-hydroxylation sites is 1. The van der Waals surface area contributed by atoms with E-state index in [4.69, 9.17) is 9.47 Å². The van der Waals surface area contributed by atoms with Gasteiger partial charge in [-0.05, 0) is 36.8 Å². The number of carbonyl (C=O) groups is 1. The molecule has 0 fully saturated rings. The van der Waals surface area contributed by atoms with Crippen LogP contribution in [-0.4, -0.2) is 31.9 Å². The number of fused-ring (bicyclic) bond motifs is 1. The molecule has 25 heavy (non-hydrogen) atoms. The zero-order valence-electron chi connectivity index (χ0n) is 14.4. The first-order chi connectivity index (χ1) is 12.2. The van der Waals surface area contributed by atoms with Gasteiger partial charge < -0.3 is 14.4 Å². The first-order valence-corrected chi connectivity index (χ1v) is 9.17. The van der Waals surface area contributed by atoms with Crippen LogP contribution >= 0.6 is 11.8 Å². The van der Waals surface area contributed by atoms with Crippen LogP contribution in [0.1, 0.15) is 12.5 Å². The standard InChI is InChI=1S/C20H21NO3S/c1-3-6-15-9-10-17(18(13-15)23-2)24-14-20(22)21-11-12-25-19-8-5-4-7-16(19)21/h3-10,13H,11-12,14H2,1-2H3/b6-3+. The van der Waals surface area contributed by atoms with Gasteiger partial charge in [0.2, 0.25) is 0 Å². The number of hydrogen-bond acceptors (Lipinski definition) is 4. The Hall–Kier alpha value is -2.40. The Morgan fingerprint density at radius 2 is 2.08 bits per heavy atom. The van der Waals surface area contributed by atoms with Gasteiger partial charge in [-0.25, -0.2) is 0 Å². The summed E-state index contributed by atoms with van der Waals surface area (Å²) in [5, 5.41) is 0. The van der Waals surface area contributed by atoms with Crippen molar-refractivity contribution in [1.82, 2.24) is 0 Å². The van der Waals surface area contributed by atoms with E-state index in [0.717, 1.165) is 21.9 Å². The summed E-state index contributed by atoms with van der Waals surface area (Å²) in [4.78, 5) is 15.6. The lowest BCUT2D eigenvalue weighted by atomic mass is 10.2. The van der Waals surface area contributed by atoms with Gasteiger partial charge in [0.05, 0.1) is 12.8 Å². The van der Waals surface area contributed by atoms with Gasteiger partial charge in [-0.15, -0.1) is 11.8 Å². The zero-order chi connectivity index (χ0) is 17.6. The molecule has 4 nitrogen and oxygen atoms in total. The molecule has 2 aromatic rings. The largest absolute Gasteiger partial charge is 0.493 e. The summed E-state index contributed by atoms with van der Waals surface area (Å²) in [6.45, 7) is 2.64. The molecule has 2 aromatic carbocycles. The van der Waals surface area contributed by atoms with Crippen molar-refractivity contribution in [1.29, 1.82) is 0 Å². The van der Waals surface area contributed by atoms with Gasteiger partial charge in [0.25, 0.3) is 5.91 Å². The molecule has 0 bridgehead atoms. The lowest BCUT2D eigenvalue weighted by molar-refractivity contribution is -0.120. The van der Waals surface area contributed by atoms with Gasteiger partial charge in [0.15, 0.2) is 18.1 Å². The monoisotopic (exact) mass is 355 g/mol. The predicted molar refractivity (Wildman–Crippen MR) is 103 cm³/mol. The third kappa shape index (κ3) is 3.99. The van der Waals surface area contributed by atoms with Crippen LogP contribution in [0.4, 0.5) is 5.69 Å². The third-order valence-electron chi connectivity index (χ3n) is 3.93. The normalized spacial score (nSPS) is 13.6. The van der Waals surface area contributed by atoms with Gasteiger partial charge in [-0.3, -0.25) is 4.79 Å². The molecular weight excluding hydrogens is 334 g/mol. The molecule has 1 aliphatic heterocycles. The number of allylic oxidation sites excluding steroid dienone is 1. The topological polar surface area (TPSA) is 38.8 Å². The molecular formula is C20H21NO3S. The van der Waals surface area contributed by atoms with Crippen molar-refractivity contribution < 1.29 is 14.3 Å². The van der Waals surface area contributed by atoms with Crippen LogP contribution in [0.25, 0.3) is 6.08 Å². The highest BCUT2D eigenvalue weighted by atomic mass is 32.2. The molecule has 1 heterocycles. The smallest absolute Gasteiger partial charge is 0.264 e. The third-order valence-corrected chi connectivity index (χ3v) is 4.97. The van der Waals surface area contributed by atoms with E-state index in [-0.39, 0.29) is 12.5 Å². The number of benzene rings is 2. The van der Waals surface area contributed by atoms with Crippen molar-refractivity contribution in [3.8, 4) is 11.5 Å². The number of rotatable bonds is 5. The van der Waals surface area contributed by atoms with Crippen molar-refractivity contribution in [2.75, 3.05) is 30.9 Å². The minimum Gasteiger partial charge on any atom is -0.493 e. The molecule has 0 spiro atoms. The van der Waals surface area contributed by atoms with Crippen LogP contribution in [0.3, 0.4) is 0 Å². The summed E-state index contributed by atoms with van der Waals surface area (Å²) in [7, 11) is 1.60. The number of thioether (sulfide) groups is 1. The number of carbonyl (C=O) groups excluding carboxylic acids is 1. The number of methoxy groups -OCH3 is 1. The van der Waals surface area contributed by atoms with E-state index in [1.165, 1.54) is 0 Å². The fourth-order valence-electron chi connectivity index (χ4n) is 2.75. The maximum atomic E-state index is 12.6. The molecule has 1 amide bonds. The molecule has 0 saturated heterocycles. The molecule has 0 unspecified atom stereocenters. The van der Waals surface area contributed by atoms with Crippen LogP contribution in [0.15, 0.2) is 53.4 Å². The highest BCUT2D eigenvalue weighted by Crippen LogP contribution is 2.34. The Morgan fingerprint density at radius 1 is 1.24 bits per heavy atom. The second-order valence-corrected chi connectivity index (χ2v) is 6.70. The van der Waals surface area contributed by atoms with Crippen molar-refractivity contribution >= 4 is 29.4 Å². The maximum absolute atomic E-state index is 12.6. The highest BCUT2D eigenvalue weighted by molar-refractivity contribution is 7.99. The van der Waals surface area contributed by atoms with Crippen molar-refractivity contribution in [2.24, 2.45) is 0 Å². The number of nitrogens with zero attached hydrogens (tertiary/aromatic N) is 1. The second-order valence-electron chi connectivity index (χ2n) is 5.56. The molecule has 5 heteroatoms. The molecule has 0 atom stereocenters. The van der Waals surface area contributed by atoms with Gasteiger partial charge >= 0.3 is 0 Å². The van der Waals surface area contributed by atoms with E-state index in [2.05, 4.69) is 0 Å². The average Bonchev–Trinajstić information content (AvgIpc) is 2.66. The molecule has 0 aromatic heterocycles. The van der Waals surface area contributed by atoms with Gasteiger partial charge in [0.1, 0.15) is 0 Å². The summed E-state index contributed by atoms with van der Waals surface area (Å²) in [6, 6.07) is 13.6. The van der Waals surface area contributed by atoms with E-state index in [9.17, 15) is 4.79 Å². The van der Waals surface area contributed by atoms with Crippen molar-refractivity contribution in [3.05, 3.63) is 54.1 Å². The summed E-state index contributed by atoms with van der Waals surface area (Å²) in [6.07, 6.45) is 3.95. The minimum atomic E-state index is -0.0488. The Balaban J connectivity index is 1.71. The van der Waals surface area contributed by atoms with Gasteiger partial charge in [-0.1, -0.05) is 30.4 Å². The van der Waals surface area contributed by atoms with Crippen molar-refractivity contribution in [2.45, 2.75) is 11.8 Å². The number of hydrogen-bond donors (Lipinski definition) is 0. The summed E-state index contributed by atoms with van der Waals surface area (Å²) >= 11 is 1.78. The van der Waals surface area contributed by atoms with E-state index >= 15 is 0 Å². The number of anilines is 1. The van der Waals surface area contributed by atoms with E-state index in [0.29, 0.717) is 18.0 Å². The van der Waals surface area contributed by atoms with Crippen LogP contribution < -0.4 is 14.4 Å². The summed E-state index contributed by atoms with van der Waals surface area (Å²) in [5.41, 5.74) is 1.99. The summed E-state index contributed by atoms with van der Waals surface area (Å²) in [5.74, 6) is 2.04. The second kappa shape index (κ2) is 8.12. The first kappa shape index (κ1) is 17.4. The van der Waals surface area contributed by atoms with Crippen LogP contribution in [0, 0.1) is 0 Å². The number of amides is 1. The Kier molecular flexibility index (Phi) is 5.66. The molecule has 3 rings (SSSR count). The van der Waals surface area contributed by atoms with Crippen LogP contribution in [0.2, 0.25) is 0 Å². The molecule has 130 valence electrons. The fraction of sp³-hybridized carbons (Fsp3) is 0.250. The highest BCUT2D eigenvalue weighted by Gasteiger charge is 2.23. The molecule has 0 saturated carbocycles. The lowest BCUT2D eigenvalue weighted by Gasteiger charge is -2.29. The molecule has 0 radical (unpaired) electrons. The molecule has 1 aliphatic rings. The lowest BCUT2D eigenvalue weighted by Crippen LogP contribution is -2.38. The minimum absolute atomic E-state index is 0.0156. The van der Waals surface area contributed by atoms with Crippen LogP contribution in [-0.2, 0) is 4.79 Å². The Morgan fingerprint density at radius 3 is 2.88 bits per heavy atom. The quantitative estimate of drug-likeness (QED) is 0.804. The average molecular weight is 355 g/mol. The SMILES string of the molecule is C/C=C/c1ccc(OCC(=O)N2CCSc3ccccc32)c(OC)c1. The predicted octanol–water partition coefficient (Wildman–Crippen LogP) is 4.25. The van der Waals surface area contributed by atoms with E-state index < -0.39 is 0 Å². The Labute approximate surface area is 152 Å². The van der Waals surface area contributed by atoms with Crippen LogP contribution in [0.5, 0.6) is 11.5 Å². The van der Waals surface area contributed by atoms with E-state index in [1.54, 1.807) is 23.8 Å². The summed E-state index contributed by atoms with van der Waals surface area (Å²) < 4.78 is 11.1. The van der Waals surface area contributed by atoms with Gasteiger partial charge in [-0.2, -0.15) is 0 Å². The molecule has 0 N–H and O–H groups in total. The maximum Gasteiger partial charge on any atom is 0.264 e. The Bertz CT molecular complexity index is 788. The molecule has 0 aliphatic carbocycles. The fourth-order valence-corrected chi connectivity index (χ4v) is 3.74.